The lowest BCUT2D eigenvalue weighted by atomic mass is 10.1. The molecular formula is C15H11F2N3O3. The van der Waals surface area contributed by atoms with Crippen LogP contribution >= 0.6 is 0 Å². The maximum absolute atomic E-state index is 12.6. The minimum atomic E-state index is -2.98. The third kappa shape index (κ3) is 3.10. The molecule has 23 heavy (non-hydrogen) atoms. The first kappa shape index (κ1) is 14.9. The zero-order valence-electron chi connectivity index (χ0n) is 11.7. The van der Waals surface area contributed by atoms with E-state index in [4.69, 9.17) is 0 Å². The van der Waals surface area contributed by atoms with Crippen molar-refractivity contribution in [2.24, 2.45) is 0 Å². The number of halogens is 2. The third-order valence-corrected chi connectivity index (χ3v) is 3.21. The quantitative estimate of drug-likeness (QED) is 0.942. The number of pyridine rings is 1. The van der Waals surface area contributed by atoms with Crippen molar-refractivity contribution < 1.29 is 23.1 Å². The molecule has 0 unspecified atom stereocenters. The number of carbonyl (C=O) groups is 2. The van der Waals surface area contributed by atoms with Gasteiger partial charge in [0.1, 0.15) is 6.54 Å². The van der Waals surface area contributed by atoms with Gasteiger partial charge in [0.25, 0.3) is 5.91 Å². The molecule has 0 aliphatic carbocycles. The number of amides is 2. The summed E-state index contributed by atoms with van der Waals surface area (Å²) in [6.45, 7) is -3.12. The lowest BCUT2D eigenvalue weighted by Gasteiger charge is -2.29. The fraction of sp³-hybridized carbons (Fsp3) is 0.133. The van der Waals surface area contributed by atoms with Crippen LogP contribution in [0.15, 0.2) is 42.6 Å². The monoisotopic (exact) mass is 319 g/mol. The standard InChI is InChI=1S/C15H11F2N3O3/c16-15(17)23-13-6-5-9(7-18-13)14(22)20-8-12(21)19-10-3-1-2-4-11(10)20/h1-7,15H,8H2,(H,19,21). The van der Waals surface area contributed by atoms with E-state index in [1.54, 1.807) is 24.3 Å². The maximum Gasteiger partial charge on any atom is 0.388 e. The van der Waals surface area contributed by atoms with Gasteiger partial charge in [0.15, 0.2) is 0 Å². The average Bonchev–Trinajstić information content (AvgIpc) is 2.53. The van der Waals surface area contributed by atoms with Crippen molar-refractivity contribution in [3.8, 4) is 5.88 Å². The van der Waals surface area contributed by atoms with Gasteiger partial charge in [-0.1, -0.05) is 12.1 Å². The Morgan fingerprint density at radius 3 is 2.74 bits per heavy atom. The fourth-order valence-corrected chi connectivity index (χ4v) is 2.24. The third-order valence-electron chi connectivity index (χ3n) is 3.21. The first-order valence-electron chi connectivity index (χ1n) is 6.66. The number of alkyl halides is 2. The summed E-state index contributed by atoms with van der Waals surface area (Å²) in [5, 5.41) is 2.68. The van der Waals surface area contributed by atoms with Gasteiger partial charge >= 0.3 is 6.61 Å². The molecule has 2 amide bonds. The fourth-order valence-electron chi connectivity index (χ4n) is 2.24. The Morgan fingerprint density at radius 1 is 1.26 bits per heavy atom. The Bertz CT molecular complexity index is 750. The summed E-state index contributed by atoms with van der Waals surface area (Å²) in [6, 6.07) is 9.37. The Labute approximate surface area is 129 Å². The number of carbonyl (C=O) groups excluding carboxylic acids is 2. The predicted molar refractivity (Wildman–Crippen MR) is 77.6 cm³/mol. The molecule has 0 bridgehead atoms. The number of nitrogens with zero attached hydrogens (tertiary/aromatic N) is 2. The van der Waals surface area contributed by atoms with Crippen molar-refractivity contribution in [2.45, 2.75) is 6.61 Å². The van der Waals surface area contributed by atoms with Crippen LogP contribution in [0.5, 0.6) is 5.88 Å². The van der Waals surface area contributed by atoms with Crippen LogP contribution in [0.1, 0.15) is 10.4 Å². The number of anilines is 2. The molecule has 118 valence electrons. The Balaban J connectivity index is 1.87. The Hall–Kier alpha value is -3.03. The van der Waals surface area contributed by atoms with Crippen LogP contribution in [0.25, 0.3) is 0 Å². The van der Waals surface area contributed by atoms with Crippen molar-refractivity contribution >= 4 is 23.2 Å². The number of ether oxygens (including phenoxy) is 1. The van der Waals surface area contributed by atoms with Crippen molar-refractivity contribution in [3.63, 3.8) is 0 Å². The summed E-state index contributed by atoms with van der Waals surface area (Å²) in [7, 11) is 0. The van der Waals surface area contributed by atoms with Crippen LogP contribution in [-0.2, 0) is 4.79 Å². The molecule has 0 fully saturated rings. The first-order valence-corrected chi connectivity index (χ1v) is 6.66. The molecule has 6 nitrogen and oxygen atoms in total. The summed E-state index contributed by atoms with van der Waals surface area (Å²) in [6.07, 6.45) is 1.13. The van der Waals surface area contributed by atoms with Gasteiger partial charge in [-0.05, 0) is 18.2 Å². The van der Waals surface area contributed by atoms with Gasteiger partial charge in [-0.25, -0.2) is 4.98 Å². The van der Waals surface area contributed by atoms with E-state index in [1.165, 1.54) is 17.0 Å². The average molecular weight is 319 g/mol. The van der Waals surface area contributed by atoms with E-state index in [0.29, 0.717) is 11.4 Å². The number of benzene rings is 1. The smallest absolute Gasteiger partial charge is 0.388 e. The van der Waals surface area contributed by atoms with E-state index in [-0.39, 0.29) is 23.9 Å². The Kier molecular flexibility index (Phi) is 3.88. The maximum atomic E-state index is 12.6. The van der Waals surface area contributed by atoms with Gasteiger partial charge in [-0.3, -0.25) is 14.5 Å². The largest absolute Gasteiger partial charge is 0.417 e. The SMILES string of the molecule is O=C1CN(C(=O)c2ccc(OC(F)F)nc2)c2ccccc2N1. The molecule has 1 N–H and O–H groups in total. The summed E-state index contributed by atoms with van der Waals surface area (Å²) in [5.74, 6) is -1.06. The van der Waals surface area contributed by atoms with Crippen LogP contribution in [0, 0.1) is 0 Å². The number of para-hydroxylation sites is 2. The number of hydrogen-bond donors (Lipinski definition) is 1. The van der Waals surface area contributed by atoms with Gasteiger partial charge in [0.2, 0.25) is 11.8 Å². The number of rotatable bonds is 3. The van der Waals surface area contributed by atoms with Gasteiger partial charge in [-0.2, -0.15) is 8.78 Å². The highest BCUT2D eigenvalue weighted by Gasteiger charge is 2.27. The molecule has 1 aliphatic heterocycles. The molecule has 3 rings (SSSR count). The van der Waals surface area contributed by atoms with E-state index >= 15 is 0 Å². The molecule has 0 spiro atoms. The van der Waals surface area contributed by atoms with E-state index in [2.05, 4.69) is 15.0 Å². The highest BCUT2D eigenvalue weighted by Crippen LogP contribution is 2.30. The van der Waals surface area contributed by atoms with Gasteiger partial charge in [-0.15, -0.1) is 0 Å². The Morgan fingerprint density at radius 2 is 2.04 bits per heavy atom. The van der Waals surface area contributed by atoms with Crippen molar-refractivity contribution in [3.05, 3.63) is 48.2 Å². The molecule has 0 radical (unpaired) electrons. The topological polar surface area (TPSA) is 71.5 Å². The highest BCUT2D eigenvalue weighted by atomic mass is 19.3. The molecule has 1 aromatic heterocycles. The molecule has 2 heterocycles. The number of aromatic nitrogens is 1. The predicted octanol–water partition coefficient (Wildman–Crippen LogP) is 2.28. The molecule has 0 saturated carbocycles. The minimum Gasteiger partial charge on any atom is -0.417 e. The number of fused-ring (bicyclic) bond motifs is 1. The molecule has 0 atom stereocenters. The first-order chi connectivity index (χ1) is 11.0. The lowest BCUT2D eigenvalue weighted by Crippen LogP contribution is -2.42. The number of hydrogen-bond acceptors (Lipinski definition) is 4. The second-order valence-electron chi connectivity index (χ2n) is 4.72. The second kappa shape index (κ2) is 5.99. The van der Waals surface area contributed by atoms with Crippen LogP contribution in [0.3, 0.4) is 0 Å². The van der Waals surface area contributed by atoms with Gasteiger partial charge < -0.3 is 10.1 Å². The molecule has 0 saturated heterocycles. The van der Waals surface area contributed by atoms with Crippen LogP contribution in [-0.4, -0.2) is 30.0 Å². The zero-order chi connectivity index (χ0) is 16.4. The van der Waals surface area contributed by atoms with Gasteiger partial charge in [0, 0.05) is 12.3 Å². The minimum absolute atomic E-state index is 0.134. The van der Waals surface area contributed by atoms with Crippen LogP contribution < -0.4 is 15.0 Å². The highest BCUT2D eigenvalue weighted by molar-refractivity contribution is 6.15. The van der Waals surface area contributed by atoms with Gasteiger partial charge in [0.05, 0.1) is 16.9 Å². The number of nitrogens with one attached hydrogen (secondary N) is 1. The lowest BCUT2D eigenvalue weighted by molar-refractivity contribution is -0.115. The molecule has 2 aromatic rings. The van der Waals surface area contributed by atoms with E-state index in [0.717, 1.165) is 6.20 Å². The van der Waals surface area contributed by atoms with Crippen LogP contribution in [0.4, 0.5) is 20.2 Å². The summed E-state index contributed by atoms with van der Waals surface area (Å²) in [4.78, 5) is 29.2. The van der Waals surface area contributed by atoms with Crippen LogP contribution in [0.2, 0.25) is 0 Å². The van der Waals surface area contributed by atoms with E-state index in [1.807, 2.05) is 0 Å². The van der Waals surface area contributed by atoms with E-state index < -0.39 is 12.5 Å². The zero-order valence-corrected chi connectivity index (χ0v) is 11.7. The normalized spacial score (nSPS) is 13.5. The summed E-state index contributed by atoms with van der Waals surface area (Å²) in [5.41, 5.74) is 1.25. The molecular weight excluding hydrogens is 308 g/mol. The molecule has 1 aliphatic rings. The second-order valence-corrected chi connectivity index (χ2v) is 4.72. The van der Waals surface area contributed by atoms with Crippen molar-refractivity contribution in [1.82, 2.24) is 4.98 Å². The van der Waals surface area contributed by atoms with Crippen molar-refractivity contribution in [2.75, 3.05) is 16.8 Å². The van der Waals surface area contributed by atoms with E-state index in [9.17, 15) is 18.4 Å². The van der Waals surface area contributed by atoms with Crippen molar-refractivity contribution in [1.29, 1.82) is 0 Å². The molecule has 1 aromatic carbocycles. The summed E-state index contributed by atoms with van der Waals surface area (Å²) >= 11 is 0. The summed E-state index contributed by atoms with van der Waals surface area (Å²) < 4.78 is 28.3. The molecule has 8 heteroatoms.